The second kappa shape index (κ2) is 4.66. The molecule has 0 saturated heterocycles. The van der Waals surface area contributed by atoms with Gasteiger partial charge in [-0.3, -0.25) is 0 Å². The van der Waals surface area contributed by atoms with E-state index in [0.717, 1.165) is 21.2 Å². The van der Waals surface area contributed by atoms with E-state index >= 15 is 0 Å². The molecule has 4 rings (SSSR count). The molecule has 8 heteroatoms. The van der Waals surface area contributed by atoms with Gasteiger partial charge in [0.2, 0.25) is 0 Å². The van der Waals surface area contributed by atoms with Gasteiger partial charge < -0.3 is 10.3 Å². The number of anilines is 2. The van der Waals surface area contributed by atoms with Gasteiger partial charge in [0, 0.05) is 5.38 Å². The van der Waals surface area contributed by atoms with Crippen LogP contribution in [-0.4, -0.2) is 24.9 Å². The number of thiophene rings is 1. The molecule has 0 bridgehead atoms. The molecule has 0 aliphatic heterocycles. The van der Waals surface area contributed by atoms with Crippen LogP contribution in [0.15, 0.2) is 35.5 Å². The molecule has 2 N–H and O–H groups in total. The lowest BCUT2D eigenvalue weighted by Gasteiger charge is -2.01. The van der Waals surface area contributed by atoms with Crippen molar-refractivity contribution in [2.24, 2.45) is 0 Å². The predicted molar refractivity (Wildman–Crippen MR) is 80.4 cm³/mol. The number of nitrogens with one attached hydrogen (secondary N) is 2. The zero-order valence-electron chi connectivity index (χ0n) is 10.1. The zero-order valence-corrected chi connectivity index (χ0v) is 11.7. The van der Waals surface area contributed by atoms with Gasteiger partial charge in [-0.2, -0.15) is 0 Å². The van der Waals surface area contributed by atoms with E-state index in [4.69, 9.17) is 0 Å². The van der Waals surface area contributed by atoms with Gasteiger partial charge in [0.1, 0.15) is 11.8 Å². The zero-order chi connectivity index (χ0) is 13.4. The Hall–Kier alpha value is -2.32. The first-order valence-electron chi connectivity index (χ1n) is 5.80. The van der Waals surface area contributed by atoms with Crippen LogP contribution in [0.2, 0.25) is 0 Å². The van der Waals surface area contributed by atoms with Crippen molar-refractivity contribution in [3.05, 3.63) is 35.5 Å². The molecule has 98 valence electrons. The van der Waals surface area contributed by atoms with Crippen LogP contribution in [0.3, 0.4) is 0 Å². The Morgan fingerprint density at radius 3 is 3.05 bits per heavy atom. The molecule has 4 aromatic heterocycles. The van der Waals surface area contributed by atoms with Crippen LogP contribution in [0.25, 0.3) is 21.7 Å². The van der Waals surface area contributed by atoms with Gasteiger partial charge in [-0.05, 0) is 11.4 Å². The maximum Gasteiger partial charge on any atom is 0.188 e. The quantitative estimate of drug-likeness (QED) is 0.607. The smallest absolute Gasteiger partial charge is 0.188 e. The molecule has 0 saturated carbocycles. The molecule has 4 heterocycles. The molecule has 0 amide bonds. The Morgan fingerprint density at radius 1 is 1.15 bits per heavy atom. The highest BCUT2D eigenvalue weighted by Gasteiger charge is 2.09. The number of fused-ring (bicyclic) bond motifs is 1. The Labute approximate surface area is 121 Å². The third-order valence-corrected chi connectivity index (χ3v) is 4.38. The molecular weight excluding hydrogens is 292 g/mol. The molecule has 0 aliphatic carbocycles. The minimum Gasteiger partial charge on any atom is -0.340 e. The Kier molecular flexibility index (Phi) is 2.68. The molecule has 0 unspecified atom stereocenters. The van der Waals surface area contributed by atoms with Crippen LogP contribution >= 0.6 is 22.7 Å². The molecule has 0 aliphatic rings. The van der Waals surface area contributed by atoms with E-state index < -0.39 is 0 Å². The van der Waals surface area contributed by atoms with Crippen LogP contribution < -0.4 is 5.32 Å². The van der Waals surface area contributed by atoms with Crippen molar-refractivity contribution in [1.82, 2.24) is 24.9 Å². The van der Waals surface area contributed by atoms with Crippen molar-refractivity contribution in [3.8, 4) is 10.6 Å². The number of aromatic amines is 1. The van der Waals surface area contributed by atoms with Crippen LogP contribution in [0, 0.1) is 0 Å². The lowest BCUT2D eigenvalue weighted by atomic mass is 10.4. The van der Waals surface area contributed by atoms with Crippen molar-refractivity contribution in [2.75, 3.05) is 5.32 Å². The van der Waals surface area contributed by atoms with Gasteiger partial charge in [0.05, 0.1) is 16.9 Å². The molecule has 4 aromatic rings. The maximum absolute atomic E-state index is 4.56. The summed E-state index contributed by atoms with van der Waals surface area (Å²) in [5.74, 6) is 0.680. The Bertz CT molecular complexity index is 848. The highest BCUT2D eigenvalue weighted by Crippen LogP contribution is 2.30. The Balaban J connectivity index is 1.68. The number of aromatic nitrogens is 5. The number of thiazole rings is 1. The van der Waals surface area contributed by atoms with E-state index in [2.05, 4.69) is 36.3 Å². The summed E-state index contributed by atoms with van der Waals surface area (Å²) in [4.78, 5) is 21.1. The first kappa shape index (κ1) is 11.5. The topological polar surface area (TPSA) is 79.4 Å². The van der Waals surface area contributed by atoms with Gasteiger partial charge in [-0.15, -0.1) is 22.7 Å². The van der Waals surface area contributed by atoms with E-state index in [9.17, 15) is 0 Å². The largest absolute Gasteiger partial charge is 0.340 e. The molecule has 0 radical (unpaired) electrons. The minimum atomic E-state index is 0.637. The van der Waals surface area contributed by atoms with E-state index in [0.29, 0.717) is 11.5 Å². The molecular formula is C12H8N6S2. The second-order valence-corrected chi connectivity index (χ2v) is 5.77. The average molecular weight is 300 g/mol. The first-order valence-corrected chi connectivity index (χ1v) is 7.56. The molecule has 0 atom stereocenters. The lowest BCUT2D eigenvalue weighted by molar-refractivity contribution is 1.19. The van der Waals surface area contributed by atoms with Gasteiger partial charge >= 0.3 is 0 Å². The highest BCUT2D eigenvalue weighted by atomic mass is 32.1. The fourth-order valence-electron chi connectivity index (χ4n) is 1.83. The number of nitrogens with zero attached hydrogens (tertiary/aromatic N) is 4. The second-order valence-electron chi connectivity index (χ2n) is 3.96. The number of hydrogen-bond acceptors (Lipinski definition) is 7. The van der Waals surface area contributed by atoms with Crippen molar-refractivity contribution >= 4 is 44.8 Å². The SMILES string of the molecule is c1csc(-c2csc(Nc3ncnc4nc[nH]c34)n2)c1. The molecule has 0 aromatic carbocycles. The van der Waals surface area contributed by atoms with E-state index in [1.165, 1.54) is 6.33 Å². The summed E-state index contributed by atoms with van der Waals surface area (Å²) in [6.45, 7) is 0. The van der Waals surface area contributed by atoms with Gasteiger partial charge in [0.15, 0.2) is 16.6 Å². The summed E-state index contributed by atoms with van der Waals surface area (Å²) in [7, 11) is 0. The van der Waals surface area contributed by atoms with Crippen molar-refractivity contribution < 1.29 is 0 Å². The van der Waals surface area contributed by atoms with Crippen LogP contribution in [0.5, 0.6) is 0 Å². The van der Waals surface area contributed by atoms with Crippen LogP contribution in [-0.2, 0) is 0 Å². The summed E-state index contributed by atoms with van der Waals surface area (Å²) in [5.41, 5.74) is 2.39. The van der Waals surface area contributed by atoms with Crippen LogP contribution in [0.1, 0.15) is 0 Å². The standard InChI is InChI=1S/C12H8N6S2/c1-2-8(19-3-1)7-4-20-12(17-7)18-11-9-10(14-5-13-9)15-6-16-11/h1-6H,(H2,13,14,15,16,17,18). The summed E-state index contributed by atoms with van der Waals surface area (Å²) in [6, 6.07) is 4.08. The third kappa shape index (κ3) is 1.95. The van der Waals surface area contributed by atoms with Gasteiger partial charge in [-0.1, -0.05) is 6.07 Å². The third-order valence-electron chi connectivity index (χ3n) is 2.73. The number of H-pyrrole nitrogens is 1. The van der Waals surface area contributed by atoms with E-state index in [1.54, 1.807) is 29.0 Å². The molecule has 0 fully saturated rings. The van der Waals surface area contributed by atoms with E-state index in [1.807, 2.05) is 16.8 Å². The summed E-state index contributed by atoms with van der Waals surface area (Å²) >= 11 is 3.22. The minimum absolute atomic E-state index is 0.637. The normalized spacial score (nSPS) is 11.0. The summed E-state index contributed by atoms with van der Waals surface area (Å²) in [6.07, 6.45) is 3.09. The number of imidazole rings is 1. The summed E-state index contributed by atoms with van der Waals surface area (Å²) in [5, 5.41) is 8.07. The Morgan fingerprint density at radius 2 is 2.15 bits per heavy atom. The van der Waals surface area contributed by atoms with Crippen LogP contribution in [0.4, 0.5) is 10.9 Å². The van der Waals surface area contributed by atoms with Crippen molar-refractivity contribution in [2.45, 2.75) is 0 Å². The van der Waals surface area contributed by atoms with Gasteiger partial charge in [0.25, 0.3) is 0 Å². The number of rotatable bonds is 3. The van der Waals surface area contributed by atoms with Gasteiger partial charge in [-0.25, -0.2) is 19.9 Å². The average Bonchev–Trinajstić information content (AvgIpc) is 3.20. The lowest BCUT2D eigenvalue weighted by Crippen LogP contribution is -1.95. The predicted octanol–water partition coefficient (Wildman–Crippen LogP) is 3.28. The highest BCUT2D eigenvalue weighted by molar-refractivity contribution is 7.16. The monoisotopic (exact) mass is 300 g/mol. The fraction of sp³-hybridized carbons (Fsp3) is 0. The molecule has 0 spiro atoms. The molecule has 20 heavy (non-hydrogen) atoms. The van der Waals surface area contributed by atoms with Crippen molar-refractivity contribution in [3.63, 3.8) is 0 Å². The fourth-order valence-corrected chi connectivity index (χ4v) is 3.30. The van der Waals surface area contributed by atoms with E-state index in [-0.39, 0.29) is 0 Å². The summed E-state index contributed by atoms with van der Waals surface area (Å²) < 4.78 is 0. The maximum atomic E-state index is 4.56. The molecule has 6 nitrogen and oxygen atoms in total. The number of hydrogen-bond donors (Lipinski definition) is 2. The first-order chi connectivity index (χ1) is 9.90. The van der Waals surface area contributed by atoms with Crippen molar-refractivity contribution in [1.29, 1.82) is 0 Å².